The molecule has 2 rings (SSSR count). The molecule has 0 aliphatic heterocycles. The SMILES string of the molecule is C=C(C)c1c2cc(Br)ccc2nn1C. The molecule has 72 valence electrons. The van der Waals surface area contributed by atoms with Crippen LogP contribution in [0.5, 0.6) is 0 Å². The highest BCUT2D eigenvalue weighted by Gasteiger charge is 2.08. The second-order valence-electron chi connectivity index (χ2n) is 3.41. The summed E-state index contributed by atoms with van der Waals surface area (Å²) in [5.74, 6) is 0. The molecule has 0 saturated heterocycles. The van der Waals surface area contributed by atoms with Gasteiger partial charge >= 0.3 is 0 Å². The molecule has 2 aromatic rings. The number of benzene rings is 1. The summed E-state index contributed by atoms with van der Waals surface area (Å²) >= 11 is 3.46. The van der Waals surface area contributed by atoms with Gasteiger partial charge in [0.2, 0.25) is 0 Å². The Kier molecular flexibility index (Phi) is 2.19. The van der Waals surface area contributed by atoms with E-state index in [9.17, 15) is 0 Å². The number of halogens is 1. The van der Waals surface area contributed by atoms with Crippen molar-refractivity contribution in [2.75, 3.05) is 0 Å². The molecule has 2 nitrogen and oxygen atoms in total. The van der Waals surface area contributed by atoms with E-state index in [1.54, 1.807) is 0 Å². The Morgan fingerprint density at radius 2 is 2.21 bits per heavy atom. The minimum atomic E-state index is 1.01. The van der Waals surface area contributed by atoms with Crippen LogP contribution >= 0.6 is 15.9 Å². The van der Waals surface area contributed by atoms with Crippen LogP contribution < -0.4 is 0 Å². The van der Waals surface area contributed by atoms with Crippen LogP contribution in [-0.2, 0) is 7.05 Å². The van der Waals surface area contributed by atoms with Crippen molar-refractivity contribution in [3.05, 3.63) is 34.9 Å². The van der Waals surface area contributed by atoms with Crippen molar-refractivity contribution in [3.63, 3.8) is 0 Å². The van der Waals surface area contributed by atoms with E-state index < -0.39 is 0 Å². The van der Waals surface area contributed by atoms with Crippen molar-refractivity contribution in [1.82, 2.24) is 9.78 Å². The van der Waals surface area contributed by atoms with Crippen LogP contribution in [0.4, 0.5) is 0 Å². The fraction of sp³-hybridized carbons (Fsp3) is 0.182. The molecule has 1 heterocycles. The Morgan fingerprint density at radius 3 is 2.86 bits per heavy atom. The first kappa shape index (κ1) is 9.46. The molecule has 0 unspecified atom stereocenters. The number of hydrogen-bond donors (Lipinski definition) is 0. The summed E-state index contributed by atoms with van der Waals surface area (Å²) in [5, 5.41) is 5.56. The van der Waals surface area contributed by atoms with E-state index in [0.717, 1.165) is 26.6 Å². The number of rotatable bonds is 1. The molecule has 0 N–H and O–H groups in total. The molecule has 14 heavy (non-hydrogen) atoms. The number of nitrogens with zero attached hydrogens (tertiary/aromatic N) is 2. The van der Waals surface area contributed by atoms with E-state index in [1.807, 2.05) is 30.8 Å². The topological polar surface area (TPSA) is 17.8 Å². The van der Waals surface area contributed by atoms with Crippen molar-refractivity contribution >= 4 is 32.4 Å². The van der Waals surface area contributed by atoms with E-state index in [4.69, 9.17) is 0 Å². The van der Waals surface area contributed by atoms with Gasteiger partial charge in [-0.15, -0.1) is 0 Å². The van der Waals surface area contributed by atoms with Crippen molar-refractivity contribution < 1.29 is 0 Å². The third-order valence-electron chi connectivity index (χ3n) is 2.20. The number of aromatic nitrogens is 2. The summed E-state index contributed by atoms with van der Waals surface area (Å²) in [6.45, 7) is 5.96. The second-order valence-corrected chi connectivity index (χ2v) is 4.33. The molecule has 1 aromatic heterocycles. The molecular weight excluding hydrogens is 240 g/mol. The normalized spacial score (nSPS) is 10.8. The van der Waals surface area contributed by atoms with Crippen LogP contribution in [0.25, 0.3) is 16.5 Å². The van der Waals surface area contributed by atoms with Gasteiger partial charge in [-0.2, -0.15) is 5.10 Å². The lowest BCUT2D eigenvalue weighted by Crippen LogP contribution is -1.94. The standard InChI is InChI=1S/C11H11BrN2/c1-7(2)11-9-6-8(12)4-5-10(9)13-14(11)3/h4-6H,1H2,2-3H3. The highest BCUT2D eigenvalue weighted by Crippen LogP contribution is 2.26. The second kappa shape index (κ2) is 3.24. The van der Waals surface area contributed by atoms with Gasteiger partial charge in [0.25, 0.3) is 0 Å². The fourth-order valence-electron chi connectivity index (χ4n) is 1.68. The van der Waals surface area contributed by atoms with Gasteiger partial charge in [-0.3, -0.25) is 4.68 Å². The summed E-state index contributed by atoms with van der Waals surface area (Å²) in [6, 6.07) is 6.08. The van der Waals surface area contributed by atoms with E-state index in [-0.39, 0.29) is 0 Å². The molecule has 3 heteroatoms. The minimum absolute atomic E-state index is 1.01. The van der Waals surface area contributed by atoms with Crippen molar-refractivity contribution in [3.8, 4) is 0 Å². The van der Waals surface area contributed by atoms with Crippen LogP contribution in [0.1, 0.15) is 12.6 Å². The van der Waals surface area contributed by atoms with Crippen molar-refractivity contribution in [1.29, 1.82) is 0 Å². The van der Waals surface area contributed by atoms with Gasteiger partial charge in [-0.25, -0.2) is 0 Å². The van der Waals surface area contributed by atoms with Gasteiger partial charge in [0, 0.05) is 16.9 Å². The highest BCUT2D eigenvalue weighted by atomic mass is 79.9. The third-order valence-corrected chi connectivity index (χ3v) is 2.69. The predicted molar refractivity (Wildman–Crippen MR) is 63.1 cm³/mol. The van der Waals surface area contributed by atoms with Crippen molar-refractivity contribution in [2.24, 2.45) is 7.05 Å². The van der Waals surface area contributed by atoms with Gasteiger partial charge in [0.15, 0.2) is 0 Å². The molecule has 0 saturated carbocycles. The maximum absolute atomic E-state index is 4.41. The zero-order chi connectivity index (χ0) is 10.3. The number of fused-ring (bicyclic) bond motifs is 1. The Hall–Kier alpha value is -1.09. The molecule has 1 aromatic carbocycles. The lowest BCUT2D eigenvalue weighted by Gasteiger charge is -2.00. The number of allylic oxidation sites excluding steroid dienone is 1. The lowest BCUT2D eigenvalue weighted by atomic mass is 10.1. The van der Waals surface area contributed by atoms with Gasteiger partial charge < -0.3 is 0 Å². The predicted octanol–water partition coefficient (Wildman–Crippen LogP) is 3.37. The molecule has 0 aliphatic carbocycles. The molecule has 0 spiro atoms. The molecule has 0 bridgehead atoms. The smallest absolute Gasteiger partial charge is 0.0930 e. The molecule has 0 fully saturated rings. The fourth-order valence-corrected chi connectivity index (χ4v) is 2.04. The van der Waals surface area contributed by atoms with E-state index in [1.165, 1.54) is 0 Å². The zero-order valence-electron chi connectivity index (χ0n) is 8.21. The Bertz CT molecular complexity index is 511. The van der Waals surface area contributed by atoms with Crippen LogP contribution in [-0.4, -0.2) is 9.78 Å². The average molecular weight is 251 g/mol. The maximum atomic E-state index is 4.41. The van der Waals surface area contributed by atoms with Crippen LogP contribution in [0.15, 0.2) is 29.3 Å². The summed E-state index contributed by atoms with van der Waals surface area (Å²) < 4.78 is 2.94. The minimum Gasteiger partial charge on any atom is -0.267 e. The van der Waals surface area contributed by atoms with Crippen LogP contribution in [0.3, 0.4) is 0 Å². The first-order valence-electron chi connectivity index (χ1n) is 4.37. The first-order chi connectivity index (χ1) is 6.59. The Balaban J connectivity index is 2.86. The van der Waals surface area contributed by atoms with Gasteiger partial charge in [0.05, 0.1) is 11.2 Å². The maximum Gasteiger partial charge on any atom is 0.0930 e. The zero-order valence-corrected chi connectivity index (χ0v) is 9.80. The van der Waals surface area contributed by atoms with Gasteiger partial charge in [-0.1, -0.05) is 22.5 Å². The summed E-state index contributed by atoms with van der Waals surface area (Å²) in [4.78, 5) is 0. The molecule has 0 aliphatic rings. The molecule has 0 atom stereocenters. The molecular formula is C11H11BrN2. The summed E-state index contributed by atoms with van der Waals surface area (Å²) in [7, 11) is 1.94. The molecule has 0 radical (unpaired) electrons. The number of hydrogen-bond acceptors (Lipinski definition) is 1. The summed E-state index contributed by atoms with van der Waals surface area (Å²) in [6.07, 6.45) is 0. The van der Waals surface area contributed by atoms with Gasteiger partial charge in [0.1, 0.15) is 0 Å². The number of aryl methyl sites for hydroxylation is 1. The van der Waals surface area contributed by atoms with Crippen LogP contribution in [0.2, 0.25) is 0 Å². The Morgan fingerprint density at radius 1 is 1.50 bits per heavy atom. The van der Waals surface area contributed by atoms with Gasteiger partial charge in [-0.05, 0) is 30.7 Å². The third kappa shape index (κ3) is 1.38. The first-order valence-corrected chi connectivity index (χ1v) is 5.17. The Labute approximate surface area is 91.4 Å². The monoisotopic (exact) mass is 250 g/mol. The average Bonchev–Trinajstić information content (AvgIpc) is 2.40. The van der Waals surface area contributed by atoms with E-state index in [0.29, 0.717) is 0 Å². The summed E-state index contributed by atoms with van der Waals surface area (Å²) in [5.41, 5.74) is 3.14. The molecule has 0 amide bonds. The quantitative estimate of drug-likeness (QED) is 0.759. The highest BCUT2D eigenvalue weighted by molar-refractivity contribution is 9.10. The lowest BCUT2D eigenvalue weighted by molar-refractivity contribution is 0.767. The van der Waals surface area contributed by atoms with Crippen LogP contribution in [0, 0.1) is 0 Å². The largest absolute Gasteiger partial charge is 0.267 e. The van der Waals surface area contributed by atoms with E-state index >= 15 is 0 Å². The van der Waals surface area contributed by atoms with Crippen molar-refractivity contribution in [2.45, 2.75) is 6.92 Å². The van der Waals surface area contributed by atoms with E-state index in [2.05, 4.69) is 33.7 Å².